The topological polar surface area (TPSA) is 89.5 Å². The number of aryl methyl sites for hydroxylation is 1. The van der Waals surface area contributed by atoms with Gasteiger partial charge in [-0.1, -0.05) is 12.1 Å². The van der Waals surface area contributed by atoms with Gasteiger partial charge in [0.1, 0.15) is 17.7 Å². The Hall–Kier alpha value is -3.88. The number of amides is 1. The van der Waals surface area contributed by atoms with Crippen molar-refractivity contribution in [1.29, 1.82) is 0 Å². The van der Waals surface area contributed by atoms with Gasteiger partial charge >= 0.3 is 6.01 Å². The van der Waals surface area contributed by atoms with E-state index in [1.54, 1.807) is 25.2 Å². The molecule has 5 rings (SSSR count). The average Bonchev–Trinajstić information content (AvgIpc) is 3.51. The van der Waals surface area contributed by atoms with E-state index in [-0.39, 0.29) is 12.0 Å². The van der Waals surface area contributed by atoms with Gasteiger partial charge in [-0.2, -0.15) is 4.98 Å². The number of carbonyl (C=O) groups excluding carboxylic acids is 1. The summed E-state index contributed by atoms with van der Waals surface area (Å²) in [5.41, 5.74) is 1.67. The Morgan fingerprint density at radius 2 is 2.00 bits per heavy atom. The highest BCUT2D eigenvalue weighted by molar-refractivity contribution is 5.98. The highest BCUT2D eigenvalue weighted by atomic mass is 16.5. The highest BCUT2D eigenvalue weighted by Gasteiger charge is 2.24. The average molecular weight is 461 g/mol. The van der Waals surface area contributed by atoms with E-state index >= 15 is 0 Å². The van der Waals surface area contributed by atoms with Crippen LogP contribution in [0.1, 0.15) is 35.9 Å². The van der Waals surface area contributed by atoms with E-state index in [1.165, 1.54) is 0 Å². The molecule has 176 valence electrons. The van der Waals surface area contributed by atoms with Gasteiger partial charge in [-0.05, 0) is 36.4 Å². The Labute approximate surface area is 197 Å². The van der Waals surface area contributed by atoms with E-state index in [1.807, 2.05) is 54.1 Å². The summed E-state index contributed by atoms with van der Waals surface area (Å²) in [6, 6.07) is 12.2. The zero-order chi connectivity index (χ0) is 23.7. The number of hydrogen-bond donors (Lipinski definition) is 0. The monoisotopic (exact) mass is 460 g/mol. The molecule has 0 aliphatic carbocycles. The predicted molar refractivity (Wildman–Crippen MR) is 129 cm³/mol. The van der Waals surface area contributed by atoms with Crippen molar-refractivity contribution >= 4 is 22.8 Å². The van der Waals surface area contributed by atoms with Gasteiger partial charge in [0.15, 0.2) is 5.82 Å². The van der Waals surface area contributed by atoms with E-state index in [4.69, 9.17) is 9.26 Å². The second-order valence-corrected chi connectivity index (χ2v) is 8.66. The maximum absolute atomic E-state index is 12.2. The molecule has 4 aromatic rings. The molecule has 1 aliphatic heterocycles. The Bertz CT molecular complexity index is 1290. The van der Waals surface area contributed by atoms with Crippen molar-refractivity contribution < 1.29 is 14.1 Å². The van der Waals surface area contributed by atoms with Crippen LogP contribution in [0.25, 0.3) is 16.7 Å². The van der Waals surface area contributed by atoms with Crippen molar-refractivity contribution in [1.82, 2.24) is 24.6 Å². The van der Waals surface area contributed by atoms with Crippen molar-refractivity contribution in [3.63, 3.8) is 0 Å². The summed E-state index contributed by atoms with van der Waals surface area (Å²) in [7, 11) is 3.51. The van der Waals surface area contributed by atoms with Gasteiger partial charge in [0, 0.05) is 63.6 Å². The highest BCUT2D eigenvalue weighted by Crippen LogP contribution is 2.25. The fraction of sp³-hybridized carbons (Fsp3) is 0.360. The molecule has 0 unspecified atom stereocenters. The van der Waals surface area contributed by atoms with Crippen molar-refractivity contribution in [2.75, 3.05) is 32.1 Å². The molecule has 34 heavy (non-hydrogen) atoms. The van der Waals surface area contributed by atoms with Gasteiger partial charge in [0.25, 0.3) is 5.91 Å². The van der Waals surface area contributed by atoms with Crippen LogP contribution in [0.3, 0.4) is 0 Å². The fourth-order valence-electron chi connectivity index (χ4n) is 4.19. The second kappa shape index (κ2) is 9.17. The molecule has 1 aliphatic rings. The van der Waals surface area contributed by atoms with Crippen LogP contribution in [-0.4, -0.2) is 63.8 Å². The summed E-state index contributed by atoms with van der Waals surface area (Å²) in [4.78, 5) is 25.0. The first-order chi connectivity index (χ1) is 16.5. The van der Waals surface area contributed by atoms with Gasteiger partial charge in [-0.3, -0.25) is 4.79 Å². The fourth-order valence-corrected chi connectivity index (χ4v) is 4.19. The number of aromatic nitrogens is 4. The lowest BCUT2D eigenvalue weighted by Crippen LogP contribution is -2.38. The Balaban J connectivity index is 1.23. The van der Waals surface area contributed by atoms with Crippen molar-refractivity contribution in [3.05, 3.63) is 60.2 Å². The maximum Gasteiger partial charge on any atom is 0.324 e. The lowest BCUT2D eigenvalue weighted by atomic mass is 10.1. The molecule has 1 amide bonds. The molecule has 1 saturated heterocycles. The third kappa shape index (κ3) is 4.33. The van der Waals surface area contributed by atoms with Gasteiger partial charge in [0.05, 0.1) is 11.7 Å². The zero-order valence-electron chi connectivity index (χ0n) is 19.6. The summed E-state index contributed by atoms with van der Waals surface area (Å²) in [5.74, 6) is 2.27. The summed E-state index contributed by atoms with van der Waals surface area (Å²) in [6.45, 7) is 3.64. The molecular weight excluding hydrogens is 432 g/mol. The molecule has 4 heterocycles. The molecule has 0 saturated carbocycles. The Kier molecular flexibility index (Phi) is 5.91. The Morgan fingerprint density at radius 1 is 1.18 bits per heavy atom. The lowest BCUT2D eigenvalue weighted by molar-refractivity contribution is 0.0827. The van der Waals surface area contributed by atoms with Crippen LogP contribution in [0.15, 0.2) is 53.3 Å². The molecule has 3 aromatic heterocycles. The van der Waals surface area contributed by atoms with Gasteiger partial charge in [-0.25, -0.2) is 4.98 Å². The molecule has 9 heteroatoms. The number of fused-ring (bicyclic) bond motifs is 1. The first kappa shape index (κ1) is 21.9. The summed E-state index contributed by atoms with van der Waals surface area (Å²) in [5, 5.41) is 4.97. The first-order valence-corrected chi connectivity index (χ1v) is 11.5. The van der Waals surface area contributed by atoms with E-state index in [0.717, 1.165) is 60.6 Å². The lowest BCUT2D eigenvalue weighted by Gasteiger charge is -2.30. The predicted octanol–water partition coefficient (Wildman–Crippen LogP) is 3.72. The summed E-state index contributed by atoms with van der Waals surface area (Å²) < 4.78 is 13.5. The number of ether oxygens (including phenoxy) is 1. The molecule has 9 nitrogen and oxygen atoms in total. The van der Waals surface area contributed by atoms with Crippen LogP contribution < -0.4 is 9.64 Å². The minimum atomic E-state index is -0.0112. The molecule has 0 radical (unpaired) electrons. The molecule has 1 aromatic carbocycles. The van der Waals surface area contributed by atoms with Crippen molar-refractivity contribution in [2.24, 2.45) is 0 Å². The van der Waals surface area contributed by atoms with Crippen LogP contribution in [0.5, 0.6) is 5.75 Å². The van der Waals surface area contributed by atoms with Crippen LogP contribution in [0.4, 0.5) is 6.01 Å². The first-order valence-electron chi connectivity index (χ1n) is 11.5. The SMILES string of the molecule is CCc1noc(N2CCC(Oc3ccc(-n4ccc5cc(C(=O)N(C)C)ccc54)nc3)CC2)n1. The van der Waals surface area contributed by atoms with Crippen LogP contribution >= 0.6 is 0 Å². The maximum atomic E-state index is 12.2. The van der Waals surface area contributed by atoms with Gasteiger partial charge < -0.3 is 23.6 Å². The molecule has 1 fully saturated rings. The van der Waals surface area contributed by atoms with Crippen LogP contribution in [-0.2, 0) is 6.42 Å². The number of nitrogens with zero attached hydrogens (tertiary/aromatic N) is 6. The third-order valence-corrected chi connectivity index (χ3v) is 6.10. The molecule has 0 atom stereocenters. The largest absolute Gasteiger partial charge is 0.489 e. The number of benzene rings is 1. The van der Waals surface area contributed by atoms with Crippen molar-refractivity contribution in [3.8, 4) is 11.6 Å². The summed E-state index contributed by atoms with van der Waals surface area (Å²) in [6.07, 6.45) is 6.38. The number of hydrogen-bond acceptors (Lipinski definition) is 7. The third-order valence-electron chi connectivity index (χ3n) is 6.10. The molecular formula is C25H28N6O3. The number of carbonyl (C=O) groups is 1. The van der Waals surface area contributed by atoms with E-state index in [9.17, 15) is 4.79 Å². The Morgan fingerprint density at radius 3 is 2.68 bits per heavy atom. The van der Waals surface area contributed by atoms with Crippen LogP contribution in [0, 0.1) is 0 Å². The normalized spacial score (nSPS) is 14.5. The second-order valence-electron chi connectivity index (χ2n) is 8.66. The quantitative estimate of drug-likeness (QED) is 0.433. The number of anilines is 1. The van der Waals surface area contributed by atoms with Crippen LogP contribution in [0.2, 0.25) is 0 Å². The number of pyridine rings is 1. The minimum Gasteiger partial charge on any atom is -0.489 e. The minimum absolute atomic E-state index is 0.0112. The molecule has 0 bridgehead atoms. The van der Waals surface area contributed by atoms with Crippen molar-refractivity contribution in [2.45, 2.75) is 32.3 Å². The van der Waals surface area contributed by atoms with E-state index in [2.05, 4.69) is 20.0 Å². The number of piperidine rings is 1. The standard InChI is InChI=1S/C25H28N6O3/c1-4-22-27-25(34-28-22)30-12-10-19(11-13-30)33-20-6-8-23(26-16-20)31-14-9-17-15-18(5-7-21(17)31)24(32)29(2)3/h5-9,14-16,19H,4,10-13H2,1-3H3. The molecule has 0 spiro atoms. The summed E-state index contributed by atoms with van der Waals surface area (Å²) >= 11 is 0. The van der Waals surface area contributed by atoms with Gasteiger partial charge in [-0.15, -0.1) is 0 Å². The molecule has 0 N–H and O–H groups in total. The van der Waals surface area contributed by atoms with Gasteiger partial charge in [0.2, 0.25) is 0 Å². The smallest absolute Gasteiger partial charge is 0.324 e. The zero-order valence-corrected chi connectivity index (χ0v) is 19.6. The van der Waals surface area contributed by atoms with E-state index < -0.39 is 0 Å². The number of rotatable bonds is 6. The van der Waals surface area contributed by atoms with E-state index in [0.29, 0.717) is 11.6 Å².